The highest BCUT2D eigenvalue weighted by molar-refractivity contribution is 7.84. The highest BCUT2D eigenvalue weighted by Gasteiger charge is 2.07. The number of nitrogen functional groups attached to an aromatic ring is 1. The molecule has 1 aromatic rings. The van der Waals surface area contributed by atoms with Gasteiger partial charge < -0.3 is 11.1 Å². The molecule has 0 saturated carbocycles. The maximum Gasteiger partial charge on any atom is 0.151 e. The van der Waals surface area contributed by atoms with E-state index >= 15 is 0 Å². The van der Waals surface area contributed by atoms with Crippen LogP contribution in [-0.4, -0.2) is 22.8 Å². The zero-order valence-corrected chi connectivity index (χ0v) is 9.04. The first-order valence-electron chi connectivity index (χ1n) is 4.29. The Bertz CT molecular complexity index is 385. The molecule has 0 aromatic heterocycles. The first-order chi connectivity index (χ1) is 7.00. The number of benzene rings is 1. The maximum atomic E-state index is 13.0. The normalized spacial score (nSPS) is 12.5. The standard InChI is InChI=1S/C9H12F2N2OS/c1-15(14)3-2-13-8-5-6(10)4-7(11)9(8)12/h4-5,13H,2-3,12H2,1H3. The Morgan fingerprint density at radius 2 is 2.13 bits per heavy atom. The van der Waals surface area contributed by atoms with Crippen molar-refractivity contribution in [3.05, 3.63) is 23.8 Å². The number of hydrogen-bond donors (Lipinski definition) is 2. The second-order valence-corrected chi connectivity index (χ2v) is 4.61. The molecule has 1 atom stereocenters. The van der Waals surface area contributed by atoms with Crippen molar-refractivity contribution in [2.45, 2.75) is 0 Å². The first-order valence-corrected chi connectivity index (χ1v) is 6.02. The second kappa shape index (κ2) is 5.06. The van der Waals surface area contributed by atoms with Gasteiger partial charge in [0.15, 0.2) is 5.82 Å². The number of rotatable bonds is 4. The largest absolute Gasteiger partial charge is 0.395 e. The maximum absolute atomic E-state index is 13.0. The summed E-state index contributed by atoms with van der Waals surface area (Å²) in [5, 5.41) is 2.73. The lowest BCUT2D eigenvalue weighted by molar-refractivity contribution is 0.587. The molecule has 0 fully saturated rings. The van der Waals surface area contributed by atoms with E-state index in [0.717, 1.165) is 12.1 Å². The first kappa shape index (κ1) is 11.9. The summed E-state index contributed by atoms with van der Waals surface area (Å²) in [6, 6.07) is 1.83. The van der Waals surface area contributed by atoms with Crippen molar-refractivity contribution in [1.82, 2.24) is 0 Å². The molecule has 6 heteroatoms. The van der Waals surface area contributed by atoms with Crippen LogP contribution in [0.5, 0.6) is 0 Å². The van der Waals surface area contributed by atoms with Gasteiger partial charge in [-0.25, -0.2) is 8.78 Å². The second-order valence-electron chi connectivity index (χ2n) is 3.05. The summed E-state index contributed by atoms with van der Waals surface area (Å²) in [6.07, 6.45) is 1.55. The summed E-state index contributed by atoms with van der Waals surface area (Å²) in [4.78, 5) is 0. The van der Waals surface area contributed by atoms with Gasteiger partial charge in [0.05, 0.1) is 11.4 Å². The minimum absolute atomic E-state index is 0.127. The minimum atomic E-state index is -0.947. The van der Waals surface area contributed by atoms with Crippen LogP contribution in [0, 0.1) is 11.6 Å². The average Bonchev–Trinajstić information content (AvgIpc) is 2.12. The van der Waals surface area contributed by atoms with Crippen LogP contribution in [0.2, 0.25) is 0 Å². The quantitative estimate of drug-likeness (QED) is 0.773. The van der Waals surface area contributed by atoms with Crippen LogP contribution in [-0.2, 0) is 10.8 Å². The molecule has 1 rings (SSSR count). The van der Waals surface area contributed by atoms with Crippen molar-refractivity contribution in [3.8, 4) is 0 Å². The van der Waals surface area contributed by atoms with Crippen LogP contribution in [0.15, 0.2) is 12.1 Å². The predicted octanol–water partition coefficient (Wildman–Crippen LogP) is 1.34. The van der Waals surface area contributed by atoms with Gasteiger partial charge in [0.2, 0.25) is 0 Å². The van der Waals surface area contributed by atoms with Gasteiger partial charge in [-0.15, -0.1) is 0 Å². The zero-order valence-electron chi connectivity index (χ0n) is 8.22. The highest BCUT2D eigenvalue weighted by atomic mass is 32.2. The number of halogens is 2. The molecular weight excluding hydrogens is 222 g/mol. The van der Waals surface area contributed by atoms with E-state index in [1.807, 2.05) is 0 Å². The smallest absolute Gasteiger partial charge is 0.151 e. The molecule has 0 amide bonds. The minimum Gasteiger partial charge on any atom is -0.395 e. The van der Waals surface area contributed by atoms with Crippen LogP contribution < -0.4 is 11.1 Å². The molecule has 0 aliphatic carbocycles. The number of nitrogens with one attached hydrogen (secondary N) is 1. The predicted molar refractivity (Wildman–Crippen MR) is 58.2 cm³/mol. The van der Waals surface area contributed by atoms with E-state index < -0.39 is 22.4 Å². The van der Waals surface area contributed by atoms with Crippen LogP contribution in [0.3, 0.4) is 0 Å². The van der Waals surface area contributed by atoms with Crippen molar-refractivity contribution in [1.29, 1.82) is 0 Å². The summed E-state index contributed by atoms with van der Waals surface area (Å²) in [5.74, 6) is -1.09. The molecule has 3 nitrogen and oxygen atoms in total. The van der Waals surface area contributed by atoms with Crippen LogP contribution in [0.25, 0.3) is 0 Å². The SMILES string of the molecule is CS(=O)CCNc1cc(F)cc(F)c1N. The molecule has 0 radical (unpaired) electrons. The van der Waals surface area contributed by atoms with E-state index in [0.29, 0.717) is 12.3 Å². The Balaban J connectivity index is 2.72. The molecule has 1 unspecified atom stereocenters. The van der Waals surface area contributed by atoms with Gasteiger partial charge in [-0.05, 0) is 6.07 Å². The van der Waals surface area contributed by atoms with Gasteiger partial charge >= 0.3 is 0 Å². The van der Waals surface area contributed by atoms with E-state index in [4.69, 9.17) is 5.73 Å². The van der Waals surface area contributed by atoms with Crippen LogP contribution in [0.1, 0.15) is 0 Å². The number of anilines is 2. The average molecular weight is 234 g/mol. The van der Waals surface area contributed by atoms with Gasteiger partial charge in [0.25, 0.3) is 0 Å². The van der Waals surface area contributed by atoms with Crippen LogP contribution in [0.4, 0.5) is 20.2 Å². The highest BCUT2D eigenvalue weighted by Crippen LogP contribution is 2.22. The van der Waals surface area contributed by atoms with Gasteiger partial charge in [-0.1, -0.05) is 0 Å². The molecule has 15 heavy (non-hydrogen) atoms. The molecule has 0 spiro atoms. The van der Waals surface area contributed by atoms with E-state index in [-0.39, 0.29) is 11.4 Å². The fourth-order valence-corrected chi connectivity index (χ4v) is 1.45. The van der Waals surface area contributed by atoms with Gasteiger partial charge in [0, 0.05) is 35.4 Å². The Morgan fingerprint density at radius 3 is 2.73 bits per heavy atom. The van der Waals surface area contributed by atoms with Gasteiger partial charge in [-0.3, -0.25) is 4.21 Å². The summed E-state index contributed by atoms with van der Waals surface area (Å²) < 4.78 is 36.5. The summed E-state index contributed by atoms with van der Waals surface area (Å²) in [7, 11) is -0.947. The monoisotopic (exact) mass is 234 g/mol. The van der Waals surface area contributed by atoms with Crippen molar-refractivity contribution in [2.24, 2.45) is 0 Å². The van der Waals surface area contributed by atoms with Gasteiger partial charge in [-0.2, -0.15) is 0 Å². The van der Waals surface area contributed by atoms with Gasteiger partial charge in [0.1, 0.15) is 5.82 Å². The lowest BCUT2D eigenvalue weighted by atomic mass is 10.2. The molecule has 0 heterocycles. The molecule has 1 aromatic carbocycles. The fraction of sp³-hybridized carbons (Fsp3) is 0.333. The molecule has 0 aliphatic heterocycles. The van der Waals surface area contributed by atoms with Crippen molar-refractivity contribution in [2.75, 3.05) is 29.6 Å². The molecule has 84 valence electrons. The Morgan fingerprint density at radius 1 is 1.47 bits per heavy atom. The van der Waals surface area contributed by atoms with E-state index in [9.17, 15) is 13.0 Å². The summed E-state index contributed by atoms with van der Waals surface area (Å²) in [6.45, 7) is 0.357. The molecule has 0 aliphatic rings. The van der Waals surface area contributed by atoms with Crippen molar-refractivity contribution < 1.29 is 13.0 Å². The topological polar surface area (TPSA) is 55.1 Å². The molecular formula is C9H12F2N2OS. The number of nitrogens with two attached hydrogens (primary N) is 1. The summed E-state index contributed by atoms with van der Waals surface area (Å²) in [5.41, 5.74) is 5.45. The fourth-order valence-electron chi connectivity index (χ4n) is 1.06. The third-order valence-electron chi connectivity index (χ3n) is 1.80. The zero-order chi connectivity index (χ0) is 11.4. The summed E-state index contributed by atoms with van der Waals surface area (Å²) >= 11 is 0. The van der Waals surface area contributed by atoms with E-state index in [2.05, 4.69) is 5.32 Å². The lowest BCUT2D eigenvalue weighted by Crippen LogP contribution is -2.11. The molecule has 0 bridgehead atoms. The van der Waals surface area contributed by atoms with Crippen LogP contribution >= 0.6 is 0 Å². The Kier molecular flexibility index (Phi) is 4.02. The Hall–Kier alpha value is -1.17. The molecule has 3 N–H and O–H groups in total. The van der Waals surface area contributed by atoms with Crippen molar-refractivity contribution >= 4 is 22.2 Å². The number of hydrogen-bond acceptors (Lipinski definition) is 3. The van der Waals surface area contributed by atoms with E-state index in [1.54, 1.807) is 6.26 Å². The third-order valence-corrected chi connectivity index (χ3v) is 2.58. The van der Waals surface area contributed by atoms with E-state index in [1.165, 1.54) is 0 Å². The Labute approximate surface area is 89.1 Å². The molecule has 0 saturated heterocycles. The van der Waals surface area contributed by atoms with Crippen molar-refractivity contribution in [3.63, 3.8) is 0 Å². The third kappa shape index (κ3) is 3.47. The lowest BCUT2D eigenvalue weighted by Gasteiger charge is -2.09.